The highest BCUT2D eigenvalue weighted by Gasteiger charge is 2.26. The predicted octanol–water partition coefficient (Wildman–Crippen LogP) is 4.46. The molecule has 1 aliphatic heterocycles. The fourth-order valence-corrected chi connectivity index (χ4v) is 3.31. The third kappa shape index (κ3) is 6.34. The number of nitrogens with zero attached hydrogens (tertiary/aromatic N) is 1. The molecule has 29 heavy (non-hydrogen) atoms. The third-order valence-corrected chi connectivity index (χ3v) is 4.91. The molecule has 5 nitrogen and oxygen atoms in total. The van der Waals surface area contributed by atoms with Crippen LogP contribution in [-0.2, 0) is 18.0 Å². The van der Waals surface area contributed by atoms with Gasteiger partial charge in [-0.1, -0.05) is 36.8 Å². The molecule has 158 valence electrons. The first-order valence-corrected chi connectivity index (χ1v) is 9.67. The summed E-state index contributed by atoms with van der Waals surface area (Å²) in [5.41, 5.74) is 2.51. The van der Waals surface area contributed by atoms with Gasteiger partial charge in [-0.25, -0.2) is 9.18 Å². The quantitative estimate of drug-likeness (QED) is 0.746. The average molecular weight is 423 g/mol. The van der Waals surface area contributed by atoms with Gasteiger partial charge in [0.2, 0.25) is 0 Å². The van der Waals surface area contributed by atoms with E-state index in [-0.39, 0.29) is 25.1 Å². The largest absolute Gasteiger partial charge is 0.489 e. The molecule has 1 aliphatic rings. The van der Waals surface area contributed by atoms with E-state index in [1.165, 1.54) is 6.07 Å². The maximum Gasteiger partial charge on any atom is 0.410 e. The number of hydrogen-bond donors (Lipinski definition) is 1. The monoisotopic (exact) mass is 422 g/mol. The Bertz CT molecular complexity index is 818. The van der Waals surface area contributed by atoms with E-state index in [0.717, 1.165) is 30.6 Å². The van der Waals surface area contributed by atoms with Crippen LogP contribution in [0.3, 0.4) is 0 Å². The van der Waals surface area contributed by atoms with Crippen molar-refractivity contribution in [2.45, 2.75) is 39.5 Å². The summed E-state index contributed by atoms with van der Waals surface area (Å²) in [7, 11) is 0. The van der Waals surface area contributed by atoms with E-state index in [9.17, 15) is 9.18 Å². The second-order valence-corrected chi connectivity index (χ2v) is 7.05. The molecule has 0 aliphatic carbocycles. The van der Waals surface area contributed by atoms with Crippen molar-refractivity contribution < 1.29 is 18.7 Å². The molecule has 1 N–H and O–H groups in total. The van der Waals surface area contributed by atoms with Crippen LogP contribution in [0.2, 0.25) is 0 Å². The van der Waals surface area contributed by atoms with E-state index in [1.807, 2.05) is 38.1 Å². The Morgan fingerprint density at radius 1 is 1.24 bits per heavy atom. The van der Waals surface area contributed by atoms with Crippen molar-refractivity contribution in [3.8, 4) is 5.75 Å². The van der Waals surface area contributed by atoms with Crippen molar-refractivity contribution in [1.29, 1.82) is 0 Å². The van der Waals surface area contributed by atoms with E-state index in [4.69, 9.17) is 9.47 Å². The minimum absolute atomic E-state index is 0. The average Bonchev–Trinajstić information content (AvgIpc) is 2.72. The van der Waals surface area contributed by atoms with Gasteiger partial charge in [-0.3, -0.25) is 0 Å². The molecule has 1 saturated heterocycles. The van der Waals surface area contributed by atoms with Gasteiger partial charge in [-0.2, -0.15) is 0 Å². The molecule has 1 atom stereocenters. The molecule has 1 amide bonds. The van der Waals surface area contributed by atoms with Gasteiger partial charge in [0, 0.05) is 31.2 Å². The number of halogens is 2. The Labute approximate surface area is 177 Å². The molecule has 0 radical (unpaired) electrons. The van der Waals surface area contributed by atoms with Crippen LogP contribution in [0.4, 0.5) is 9.18 Å². The normalized spacial score (nSPS) is 16.1. The summed E-state index contributed by atoms with van der Waals surface area (Å²) >= 11 is 0. The molecule has 0 aromatic heterocycles. The Morgan fingerprint density at radius 2 is 2.07 bits per heavy atom. The van der Waals surface area contributed by atoms with Crippen LogP contribution in [-0.4, -0.2) is 36.7 Å². The first-order chi connectivity index (χ1) is 13.6. The SMILES string of the molecule is CC[C@@H]1CNCCN1C(=O)OCc1cc(OCc2cccc(C)c2)ccc1F.Cl. The van der Waals surface area contributed by atoms with Gasteiger partial charge in [-0.05, 0) is 37.1 Å². The summed E-state index contributed by atoms with van der Waals surface area (Å²) in [6.07, 6.45) is 0.442. The molecule has 0 bridgehead atoms. The summed E-state index contributed by atoms with van der Waals surface area (Å²) in [5.74, 6) is 0.130. The Morgan fingerprint density at radius 3 is 2.83 bits per heavy atom. The number of nitrogens with one attached hydrogen (secondary N) is 1. The van der Waals surface area contributed by atoms with Crippen molar-refractivity contribution in [3.63, 3.8) is 0 Å². The second kappa shape index (κ2) is 11.0. The van der Waals surface area contributed by atoms with E-state index < -0.39 is 11.9 Å². The van der Waals surface area contributed by atoms with Crippen LogP contribution < -0.4 is 10.1 Å². The highest BCUT2D eigenvalue weighted by atomic mass is 35.5. The number of amides is 1. The molecular weight excluding hydrogens is 395 g/mol. The van der Waals surface area contributed by atoms with Crippen LogP contribution in [0, 0.1) is 12.7 Å². The van der Waals surface area contributed by atoms with Crippen LogP contribution >= 0.6 is 12.4 Å². The first kappa shape index (κ1) is 23.0. The number of piperazine rings is 1. The van der Waals surface area contributed by atoms with Crippen molar-refractivity contribution in [2.75, 3.05) is 19.6 Å². The van der Waals surface area contributed by atoms with Crippen molar-refractivity contribution in [2.24, 2.45) is 0 Å². The molecule has 2 aromatic carbocycles. The van der Waals surface area contributed by atoms with Gasteiger partial charge in [0.15, 0.2) is 0 Å². The smallest absolute Gasteiger partial charge is 0.410 e. The Hall–Kier alpha value is -2.31. The predicted molar refractivity (Wildman–Crippen MR) is 113 cm³/mol. The standard InChI is InChI=1S/C22H27FN2O3.ClH/c1-3-19-13-24-9-10-25(19)22(26)28-15-18-12-20(7-8-21(18)23)27-14-17-6-4-5-16(2)11-17;/h4-8,11-12,19,24H,3,9-10,13-15H2,1-2H3;1H/t19-;/m1./s1. The molecule has 0 saturated carbocycles. The van der Waals surface area contributed by atoms with Gasteiger partial charge < -0.3 is 19.7 Å². The van der Waals surface area contributed by atoms with Gasteiger partial charge in [-0.15, -0.1) is 12.4 Å². The summed E-state index contributed by atoms with van der Waals surface area (Å²) in [5, 5.41) is 3.27. The van der Waals surface area contributed by atoms with Gasteiger partial charge >= 0.3 is 6.09 Å². The fraction of sp³-hybridized carbons (Fsp3) is 0.409. The van der Waals surface area contributed by atoms with Crippen LogP contribution in [0.25, 0.3) is 0 Å². The molecule has 3 rings (SSSR count). The number of hydrogen-bond acceptors (Lipinski definition) is 4. The zero-order valence-corrected chi connectivity index (χ0v) is 17.6. The van der Waals surface area contributed by atoms with Crippen LogP contribution in [0.5, 0.6) is 5.75 Å². The maximum atomic E-state index is 14.2. The lowest BCUT2D eigenvalue weighted by atomic mass is 10.1. The lowest BCUT2D eigenvalue weighted by Gasteiger charge is -2.34. The summed E-state index contributed by atoms with van der Waals surface area (Å²) in [6.45, 7) is 6.42. The molecule has 0 unspecified atom stereocenters. The third-order valence-electron chi connectivity index (χ3n) is 4.91. The molecule has 1 heterocycles. The topological polar surface area (TPSA) is 50.8 Å². The minimum atomic E-state index is -0.414. The minimum Gasteiger partial charge on any atom is -0.489 e. The van der Waals surface area contributed by atoms with E-state index in [1.54, 1.807) is 17.0 Å². The second-order valence-electron chi connectivity index (χ2n) is 7.05. The lowest BCUT2D eigenvalue weighted by Crippen LogP contribution is -2.53. The van der Waals surface area contributed by atoms with Gasteiger partial charge in [0.25, 0.3) is 0 Å². The van der Waals surface area contributed by atoms with E-state index in [2.05, 4.69) is 5.32 Å². The number of ether oxygens (including phenoxy) is 2. The molecule has 0 spiro atoms. The van der Waals surface area contributed by atoms with E-state index in [0.29, 0.717) is 24.5 Å². The lowest BCUT2D eigenvalue weighted by molar-refractivity contribution is 0.0706. The van der Waals surface area contributed by atoms with Crippen LogP contribution in [0.15, 0.2) is 42.5 Å². The highest BCUT2D eigenvalue weighted by Crippen LogP contribution is 2.20. The van der Waals surface area contributed by atoms with Gasteiger partial charge in [0.05, 0.1) is 0 Å². The highest BCUT2D eigenvalue weighted by molar-refractivity contribution is 5.85. The number of carbonyl (C=O) groups excluding carboxylic acids is 1. The number of carbonyl (C=O) groups is 1. The summed E-state index contributed by atoms with van der Waals surface area (Å²) in [4.78, 5) is 14.1. The van der Waals surface area contributed by atoms with Crippen molar-refractivity contribution >= 4 is 18.5 Å². The number of aryl methyl sites for hydroxylation is 1. The molecular formula is C22H28ClFN2O3. The molecule has 7 heteroatoms. The van der Waals surface area contributed by atoms with Crippen molar-refractivity contribution in [3.05, 3.63) is 65.0 Å². The summed E-state index contributed by atoms with van der Waals surface area (Å²) in [6, 6.07) is 12.6. The fourth-order valence-electron chi connectivity index (χ4n) is 3.31. The van der Waals surface area contributed by atoms with Crippen LogP contribution in [0.1, 0.15) is 30.0 Å². The zero-order valence-electron chi connectivity index (χ0n) is 16.8. The van der Waals surface area contributed by atoms with Crippen molar-refractivity contribution in [1.82, 2.24) is 10.2 Å². The number of benzene rings is 2. The Balaban J connectivity index is 0.00000300. The zero-order chi connectivity index (χ0) is 19.9. The molecule has 2 aromatic rings. The maximum absolute atomic E-state index is 14.2. The number of rotatable bonds is 6. The first-order valence-electron chi connectivity index (χ1n) is 9.67. The molecule has 1 fully saturated rings. The van der Waals surface area contributed by atoms with Gasteiger partial charge in [0.1, 0.15) is 24.8 Å². The van der Waals surface area contributed by atoms with E-state index >= 15 is 0 Å². The summed E-state index contributed by atoms with van der Waals surface area (Å²) < 4.78 is 25.3. The Kier molecular flexibility index (Phi) is 8.73.